The summed E-state index contributed by atoms with van der Waals surface area (Å²) >= 11 is 0. The second-order valence-corrected chi connectivity index (χ2v) is 16.6. The lowest BCUT2D eigenvalue weighted by Crippen LogP contribution is -2.31. The van der Waals surface area contributed by atoms with Gasteiger partial charge in [0.15, 0.2) is 0 Å². The van der Waals surface area contributed by atoms with Crippen LogP contribution in [0.1, 0.15) is 54.5 Å². The summed E-state index contributed by atoms with van der Waals surface area (Å²) in [6.45, 7) is 18.4. The fourth-order valence-corrected chi connectivity index (χ4v) is 7.18. The third-order valence-electron chi connectivity index (χ3n) is 10.6. The predicted molar refractivity (Wildman–Crippen MR) is 273 cm³/mol. The number of nitrogens with one attached hydrogen (secondary N) is 3. The van der Waals surface area contributed by atoms with Crippen molar-refractivity contribution in [3.8, 4) is 51.0 Å². The summed E-state index contributed by atoms with van der Waals surface area (Å²) in [6.07, 6.45) is -2.68. The normalized spacial score (nSPS) is 10.8. The van der Waals surface area contributed by atoms with E-state index in [0.29, 0.717) is 39.9 Å². The van der Waals surface area contributed by atoms with Crippen LogP contribution < -0.4 is 39.6 Å². The zero-order valence-electron chi connectivity index (χ0n) is 41.9. The average Bonchev–Trinajstić information content (AvgIpc) is 3.37. The molecule has 0 fully saturated rings. The molecule has 0 aliphatic rings. The number of amides is 3. The van der Waals surface area contributed by atoms with E-state index in [9.17, 15) is 38.4 Å². The van der Waals surface area contributed by atoms with E-state index in [4.69, 9.17) is 37.9 Å². The van der Waals surface area contributed by atoms with Crippen molar-refractivity contribution in [2.75, 3.05) is 39.5 Å². The van der Waals surface area contributed by atoms with Crippen molar-refractivity contribution in [3.63, 3.8) is 0 Å². The first-order chi connectivity index (χ1) is 35.9. The second-order valence-electron chi connectivity index (χ2n) is 16.6. The highest BCUT2D eigenvalue weighted by atomic mass is 16.6. The van der Waals surface area contributed by atoms with Crippen LogP contribution in [0.4, 0.5) is 14.4 Å². The summed E-state index contributed by atoms with van der Waals surface area (Å²) in [4.78, 5) is 99.2. The number of rotatable bonds is 24. The summed E-state index contributed by atoms with van der Waals surface area (Å²) in [5, 5.41) is 7.66. The highest BCUT2D eigenvalue weighted by Crippen LogP contribution is 2.48. The molecule has 5 aromatic rings. The Labute approximate surface area is 432 Å². The third kappa shape index (κ3) is 16.5. The molecule has 75 heavy (non-hydrogen) atoms. The maximum Gasteiger partial charge on any atom is 0.412 e. The highest BCUT2D eigenvalue weighted by molar-refractivity contribution is 5.88. The molecule has 0 aliphatic carbocycles. The van der Waals surface area contributed by atoms with Gasteiger partial charge in [-0.05, 0) is 111 Å². The van der Waals surface area contributed by atoms with E-state index < -0.39 is 42.1 Å². The molecule has 3 N–H and O–H groups in total. The molecule has 0 radical (unpaired) electrons. The number of esters is 3. The van der Waals surface area contributed by atoms with Crippen LogP contribution in [0.3, 0.4) is 0 Å². The number of aryl methyl sites for hydroxylation is 2. The standard InChI is InChI=1S/C56H55N3O16/c1-33(2)51(62)68-24-21-57-54(65)73-43-17-11-39(12-18-43)41-14-20-48(75-56(67)59-23-26-70-53(64)35(5)6)45(30-41)49(46-28-36(7)27-37(8)50(46)72-32-61)44-29-40(38-9-15-42(16-10-38)71-31-60)13-19-47(44)74-55(66)58-22-25-69-52(63)34(3)4/h9-20,27-32,49H,1,3,5,21-26H2,2,4,6-8H3,(H,57,65)(H,58,66)(H,59,67). The molecular formula is C56H55N3O16. The molecule has 0 bridgehead atoms. The lowest BCUT2D eigenvalue weighted by atomic mass is 9.80. The summed E-state index contributed by atoms with van der Waals surface area (Å²) in [5.41, 5.74) is 5.06. The van der Waals surface area contributed by atoms with E-state index in [1.165, 1.54) is 26.8 Å². The Bertz CT molecular complexity index is 2980. The van der Waals surface area contributed by atoms with Gasteiger partial charge in [-0.2, -0.15) is 0 Å². The molecule has 1 unspecified atom stereocenters. The first-order valence-electron chi connectivity index (χ1n) is 23.0. The summed E-state index contributed by atoms with van der Waals surface area (Å²) < 4.78 is 43.6. The SMILES string of the molecule is C=C(C)C(=O)OCCNC(=O)Oc1ccc(-c2ccc(OC(=O)NCCOC(=O)C(=C)C)c(C(c3cc(-c4ccc(OC=O)cc4)ccc3OC(=O)NCCOC(=O)C(=C)C)c3cc(C)cc(C)c3OC=O)c2)cc1. The minimum absolute atomic E-state index is 0.00815. The zero-order chi connectivity index (χ0) is 54.6. The molecule has 0 heterocycles. The van der Waals surface area contributed by atoms with Crippen LogP contribution in [0, 0.1) is 13.8 Å². The number of hydrogen-bond acceptors (Lipinski definition) is 16. The topological polar surface area (TPSA) is 246 Å². The van der Waals surface area contributed by atoms with Crippen LogP contribution >= 0.6 is 0 Å². The lowest BCUT2D eigenvalue weighted by molar-refractivity contribution is -0.139. The van der Waals surface area contributed by atoms with Gasteiger partial charge in [0.2, 0.25) is 0 Å². The minimum Gasteiger partial charge on any atom is -0.460 e. The van der Waals surface area contributed by atoms with Crippen molar-refractivity contribution in [3.05, 3.63) is 161 Å². The summed E-state index contributed by atoms with van der Waals surface area (Å²) in [6, 6.07) is 26.5. The molecule has 390 valence electrons. The molecular weight excluding hydrogens is 971 g/mol. The first kappa shape index (κ1) is 56.4. The monoisotopic (exact) mass is 1030 g/mol. The van der Waals surface area contributed by atoms with E-state index in [2.05, 4.69) is 35.7 Å². The van der Waals surface area contributed by atoms with Crippen LogP contribution in [0.5, 0.6) is 28.7 Å². The largest absolute Gasteiger partial charge is 0.460 e. The van der Waals surface area contributed by atoms with Crippen molar-refractivity contribution in [2.24, 2.45) is 0 Å². The Kier molecular flexibility index (Phi) is 20.6. The summed E-state index contributed by atoms with van der Waals surface area (Å²) in [7, 11) is 0. The van der Waals surface area contributed by atoms with Crippen LogP contribution in [0.25, 0.3) is 22.3 Å². The van der Waals surface area contributed by atoms with E-state index in [1.54, 1.807) is 97.9 Å². The molecule has 0 spiro atoms. The van der Waals surface area contributed by atoms with Gasteiger partial charge in [-0.25, -0.2) is 28.8 Å². The number of benzene rings is 5. The molecule has 0 aliphatic heterocycles. The van der Waals surface area contributed by atoms with E-state index >= 15 is 0 Å². The van der Waals surface area contributed by atoms with E-state index in [1.807, 2.05) is 6.92 Å². The van der Waals surface area contributed by atoms with Gasteiger partial charge in [-0.15, -0.1) is 0 Å². The van der Waals surface area contributed by atoms with Gasteiger partial charge in [0.05, 0.1) is 19.6 Å². The van der Waals surface area contributed by atoms with Crippen molar-refractivity contribution in [2.45, 2.75) is 40.5 Å². The maximum atomic E-state index is 13.7. The second kappa shape index (κ2) is 27.3. The molecule has 0 saturated carbocycles. The molecule has 0 saturated heterocycles. The Balaban J connectivity index is 1.69. The molecule has 0 aromatic heterocycles. The van der Waals surface area contributed by atoms with Crippen LogP contribution in [0.15, 0.2) is 134 Å². The van der Waals surface area contributed by atoms with Crippen molar-refractivity contribution in [1.29, 1.82) is 0 Å². The molecule has 19 nitrogen and oxygen atoms in total. The van der Waals surface area contributed by atoms with Crippen LogP contribution in [-0.2, 0) is 38.2 Å². The molecule has 5 aromatic carbocycles. The number of carbonyl (C=O) groups excluding carboxylic acids is 8. The Morgan fingerprint density at radius 1 is 0.480 bits per heavy atom. The molecule has 1 atom stereocenters. The maximum absolute atomic E-state index is 13.7. The van der Waals surface area contributed by atoms with E-state index in [-0.39, 0.29) is 103 Å². The van der Waals surface area contributed by atoms with E-state index in [0.717, 1.165) is 5.56 Å². The zero-order valence-corrected chi connectivity index (χ0v) is 41.9. The van der Waals surface area contributed by atoms with Gasteiger partial charge < -0.3 is 53.8 Å². The average molecular weight is 1030 g/mol. The van der Waals surface area contributed by atoms with Crippen molar-refractivity contribution < 1.29 is 76.3 Å². The van der Waals surface area contributed by atoms with Crippen LogP contribution in [0.2, 0.25) is 0 Å². The Morgan fingerprint density at radius 3 is 1.27 bits per heavy atom. The number of carbonyl (C=O) groups is 8. The Hall–Kier alpha value is -9.52. The smallest absolute Gasteiger partial charge is 0.412 e. The van der Waals surface area contributed by atoms with Gasteiger partial charge >= 0.3 is 36.2 Å². The first-order valence-corrected chi connectivity index (χ1v) is 23.0. The highest BCUT2D eigenvalue weighted by Gasteiger charge is 2.31. The molecule has 5 rings (SSSR count). The fourth-order valence-electron chi connectivity index (χ4n) is 7.18. The van der Waals surface area contributed by atoms with Gasteiger partial charge in [0.1, 0.15) is 48.6 Å². The third-order valence-corrected chi connectivity index (χ3v) is 10.6. The summed E-state index contributed by atoms with van der Waals surface area (Å²) in [5.74, 6) is -2.49. The van der Waals surface area contributed by atoms with Gasteiger partial charge in [0.25, 0.3) is 12.9 Å². The Morgan fingerprint density at radius 2 is 0.867 bits per heavy atom. The number of ether oxygens (including phenoxy) is 8. The van der Waals surface area contributed by atoms with Gasteiger partial charge in [-0.3, -0.25) is 9.59 Å². The predicted octanol–water partition coefficient (Wildman–Crippen LogP) is 8.51. The fraction of sp³-hybridized carbons (Fsp3) is 0.214. The minimum atomic E-state index is -1.13. The van der Waals surface area contributed by atoms with Crippen molar-refractivity contribution >= 4 is 49.1 Å². The molecule has 19 heteroatoms. The van der Waals surface area contributed by atoms with Crippen LogP contribution in [-0.4, -0.2) is 88.6 Å². The van der Waals surface area contributed by atoms with Gasteiger partial charge in [0, 0.05) is 39.3 Å². The molecule has 3 amide bonds. The lowest BCUT2D eigenvalue weighted by Gasteiger charge is -2.27. The quantitative estimate of drug-likeness (QED) is 0.0131. The van der Waals surface area contributed by atoms with Crippen molar-refractivity contribution in [1.82, 2.24) is 16.0 Å². The van der Waals surface area contributed by atoms with Gasteiger partial charge in [-0.1, -0.05) is 73.8 Å². The number of hydrogen-bond donors (Lipinski definition) is 3.